The molecule has 0 saturated heterocycles. The van der Waals surface area contributed by atoms with Gasteiger partial charge < -0.3 is 10.3 Å². The lowest BCUT2D eigenvalue weighted by atomic mass is 10.2. The van der Waals surface area contributed by atoms with Gasteiger partial charge in [0.05, 0.1) is 0 Å². The number of carboxylic acid groups (broad SMARTS) is 1. The number of carboxylic acids is 1. The molecule has 0 atom stereocenters. The minimum Gasteiger partial charge on any atom is -0.478 e. The lowest BCUT2D eigenvalue weighted by molar-refractivity contribution is -0.742. The third-order valence-corrected chi connectivity index (χ3v) is 1.22. The highest BCUT2D eigenvalue weighted by atomic mass is 16.9. The average Bonchev–Trinajstić information content (AvgIpc) is 2.15. The van der Waals surface area contributed by atoms with Gasteiger partial charge in [-0.2, -0.15) is 0 Å². The van der Waals surface area contributed by atoms with E-state index in [1.165, 1.54) is 0 Å². The van der Waals surface area contributed by atoms with Crippen molar-refractivity contribution in [3.05, 3.63) is 52.1 Å². The normalized spacial score (nSPS) is 9.07. The molecule has 0 fully saturated rings. The first-order chi connectivity index (χ1) is 7.02. The fourth-order valence-electron chi connectivity index (χ4n) is 0.732. The highest BCUT2D eigenvalue weighted by molar-refractivity contribution is 5.85. The number of hydrogen-bond donors (Lipinski definition) is 2. The van der Waals surface area contributed by atoms with Crippen molar-refractivity contribution in [2.24, 2.45) is 0 Å². The first-order valence-electron chi connectivity index (χ1n) is 3.81. The molecule has 0 spiro atoms. The molecule has 0 heterocycles. The Labute approximate surface area is 85.2 Å². The molecule has 0 radical (unpaired) electrons. The van der Waals surface area contributed by atoms with Gasteiger partial charge in [-0.25, -0.2) is 4.79 Å². The summed E-state index contributed by atoms with van der Waals surface area (Å²) in [6.45, 7) is 0. The van der Waals surface area contributed by atoms with Gasteiger partial charge in [0.15, 0.2) is 0 Å². The van der Waals surface area contributed by atoms with Crippen LogP contribution in [0.3, 0.4) is 0 Å². The van der Waals surface area contributed by atoms with Crippen molar-refractivity contribution in [1.82, 2.24) is 0 Å². The monoisotopic (exact) mass is 211 g/mol. The summed E-state index contributed by atoms with van der Waals surface area (Å²) in [5.74, 6) is -0.922. The summed E-state index contributed by atoms with van der Waals surface area (Å²) in [7, 11) is 0. The van der Waals surface area contributed by atoms with Crippen LogP contribution in [0.25, 0.3) is 6.08 Å². The number of carbonyl (C=O) groups is 1. The van der Waals surface area contributed by atoms with Gasteiger partial charge in [0.2, 0.25) is 0 Å². The van der Waals surface area contributed by atoms with E-state index < -0.39 is 11.1 Å². The van der Waals surface area contributed by atoms with Crippen molar-refractivity contribution in [3.8, 4) is 0 Å². The van der Waals surface area contributed by atoms with Crippen LogP contribution >= 0.6 is 0 Å². The molecule has 0 amide bonds. The van der Waals surface area contributed by atoms with E-state index in [2.05, 4.69) is 0 Å². The molecule has 15 heavy (non-hydrogen) atoms. The van der Waals surface area contributed by atoms with Crippen molar-refractivity contribution >= 4 is 12.0 Å². The van der Waals surface area contributed by atoms with Gasteiger partial charge in [0, 0.05) is 6.08 Å². The molecule has 0 bridgehead atoms. The summed E-state index contributed by atoms with van der Waals surface area (Å²) < 4.78 is 0. The second-order valence-corrected chi connectivity index (χ2v) is 2.32. The summed E-state index contributed by atoms with van der Waals surface area (Å²) >= 11 is 0. The van der Waals surface area contributed by atoms with Crippen LogP contribution in [-0.2, 0) is 4.79 Å². The molecule has 0 unspecified atom stereocenters. The summed E-state index contributed by atoms with van der Waals surface area (Å²) in [4.78, 5) is 18.4. The van der Waals surface area contributed by atoms with Crippen LogP contribution in [0.4, 0.5) is 0 Å². The van der Waals surface area contributed by atoms with Crippen LogP contribution in [0.2, 0.25) is 0 Å². The van der Waals surface area contributed by atoms with Gasteiger partial charge in [-0.15, -0.1) is 10.1 Å². The molecule has 1 aromatic rings. The molecule has 0 aliphatic carbocycles. The van der Waals surface area contributed by atoms with E-state index in [9.17, 15) is 4.79 Å². The van der Waals surface area contributed by atoms with E-state index in [1.54, 1.807) is 6.08 Å². The summed E-state index contributed by atoms with van der Waals surface area (Å²) in [6.07, 6.45) is 2.68. The highest BCUT2D eigenvalue weighted by Crippen LogP contribution is 1.99. The number of rotatable bonds is 2. The Morgan fingerprint density at radius 3 is 2.20 bits per heavy atom. The van der Waals surface area contributed by atoms with Crippen LogP contribution in [0, 0.1) is 10.1 Å². The van der Waals surface area contributed by atoms with Crippen molar-refractivity contribution < 1.29 is 20.2 Å². The van der Waals surface area contributed by atoms with Gasteiger partial charge in [-0.05, 0) is 11.6 Å². The van der Waals surface area contributed by atoms with Crippen molar-refractivity contribution in [3.63, 3.8) is 0 Å². The summed E-state index contributed by atoms with van der Waals surface area (Å²) in [6, 6.07) is 9.31. The number of benzene rings is 1. The van der Waals surface area contributed by atoms with Crippen molar-refractivity contribution in [2.45, 2.75) is 0 Å². The Morgan fingerprint density at radius 2 is 1.80 bits per heavy atom. The quantitative estimate of drug-likeness (QED) is 0.438. The Kier molecular flexibility index (Phi) is 5.96. The molecule has 1 aromatic carbocycles. The molecule has 80 valence electrons. The Morgan fingerprint density at radius 1 is 1.33 bits per heavy atom. The maximum Gasteiger partial charge on any atom is 0.328 e. The summed E-state index contributed by atoms with van der Waals surface area (Å²) in [5, 5.41) is 21.9. The molecule has 6 heteroatoms. The maximum absolute atomic E-state index is 10.1. The predicted octanol–water partition coefficient (Wildman–Crippen LogP) is 1.44. The predicted molar refractivity (Wildman–Crippen MR) is 51.9 cm³/mol. The zero-order chi connectivity index (χ0) is 11.7. The van der Waals surface area contributed by atoms with E-state index in [4.69, 9.17) is 20.4 Å². The summed E-state index contributed by atoms with van der Waals surface area (Å²) in [5.41, 5.74) is 0.898. The van der Waals surface area contributed by atoms with E-state index in [0.717, 1.165) is 11.6 Å². The first kappa shape index (κ1) is 12.6. The molecule has 2 N–H and O–H groups in total. The van der Waals surface area contributed by atoms with Gasteiger partial charge in [-0.1, -0.05) is 30.3 Å². The molecule has 0 saturated carbocycles. The molecular weight excluding hydrogens is 202 g/mol. The smallest absolute Gasteiger partial charge is 0.328 e. The topological polar surface area (TPSA) is 101 Å². The molecule has 0 aliphatic heterocycles. The largest absolute Gasteiger partial charge is 0.478 e. The van der Waals surface area contributed by atoms with Gasteiger partial charge in [-0.3, -0.25) is 0 Å². The zero-order valence-corrected chi connectivity index (χ0v) is 7.61. The lowest BCUT2D eigenvalue weighted by Crippen LogP contribution is -1.85. The molecule has 0 aromatic heterocycles. The Bertz CT molecular complexity index is 343. The van der Waals surface area contributed by atoms with E-state index in [-0.39, 0.29) is 0 Å². The third kappa shape index (κ3) is 9.54. The molecule has 6 nitrogen and oxygen atoms in total. The first-order valence-corrected chi connectivity index (χ1v) is 3.81. The second kappa shape index (κ2) is 7.07. The zero-order valence-electron chi connectivity index (χ0n) is 7.61. The lowest BCUT2D eigenvalue weighted by Gasteiger charge is -1.87. The minimum atomic E-state index is -1.50. The van der Waals surface area contributed by atoms with Crippen LogP contribution in [0.15, 0.2) is 36.4 Å². The molecular formula is C9H9NO5. The number of hydrogen-bond acceptors (Lipinski definition) is 3. The maximum atomic E-state index is 10.1. The van der Waals surface area contributed by atoms with Crippen molar-refractivity contribution in [1.29, 1.82) is 0 Å². The molecule has 1 rings (SSSR count). The third-order valence-electron chi connectivity index (χ3n) is 1.22. The van der Waals surface area contributed by atoms with Gasteiger partial charge >= 0.3 is 5.97 Å². The number of aliphatic carboxylic acids is 1. The van der Waals surface area contributed by atoms with Crippen LogP contribution in [0.1, 0.15) is 5.56 Å². The van der Waals surface area contributed by atoms with E-state index in [0.29, 0.717) is 0 Å². The van der Waals surface area contributed by atoms with E-state index in [1.807, 2.05) is 30.3 Å². The average molecular weight is 211 g/mol. The van der Waals surface area contributed by atoms with Crippen molar-refractivity contribution in [2.75, 3.05) is 0 Å². The van der Waals surface area contributed by atoms with Crippen LogP contribution in [0.5, 0.6) is 0 Å². The second-order valence-electron chi connectivity index (χ2n) is 2.32. The van der Waals surface area contributed by atoms with Crippen LogP contribution < -0.4 is 0 Å². The Hall–Kier alpha value is -2.37. The fraction of sp³-hybridized carbons (Fsp3) is 0. The van der Waals surface area contributed by atoms with Gasteiger partial charge in [0.1, 0.15) is 0 Å². The number of nitrogens with zero attached hydrogens (tertiary/aromatic N) is 1. The highest BCUT2D eigenvalue weighted by Gasteiger charge is 1.85. The van der Waals surface area contributed by atoms with Gasteiger partial charge in [0.25, 0.3) is 5.09 Å². The minimum absolute atomic E-state index is 0.898. The van der Waals surface area contributed by atoms with E-state index >= 15 is 0 Å². The molecule has 0 aliphatic rings. The SMILES string of the molecule is O=C(O)C=Cc1ccccc1.O=[N+]([O-])O. The Balaban J connectivity index is 0.000000423. The fourth-order valence-corrected chi connectivity index (χ4v) is 0.732. The van der Waals surface area contributed by atoms with Crippen LogP contribution in [-0.4, -0.2) is 21.4 Å². The standard InChI is InChI=1S/C9H8O2.HNO3/c10-9(11)7-6-8-4-2-1-3-5-8;2-1(3)4/h1-7H,(H,10,11);(H,2,3,4).